The second kappa shape index (κ2) is 5.87. The number of hydrogen-bond donors (Lipinski definition) is 1. The van der Waals surface area contributed by atoms with Crippen molar-refractivity contribution in [3.05, 3.63) is 56.4 Å². The van der Waals surface area contributed by atoms with Crippen molar-refractivity contribution in [1.29, 1.82) is 0 Å². The van der Waals surface area contributed by atoms with Crippen molar-refractivity contribution in [3.63, 3.8) is 0 Å². The third-order valence-corrected chi connectivity index (χ3v) is 4.57. The van der Waals surface area contributed by atoms with E-state index in [9.17, 15) is 4.79 Å². The van der Waals surface area contributed by atoms with Crippen LogP contribution >= 0.6 is 15.9 Å². The lowest BCUT2D eigenvalue weighted by Crippen LogP contribution is -2.17. The van der Waals surface area contributed by atoms with Crippen molar-refractivity contribution in [2.24, 2.45) is 0 Å². The van der Waals surface area contributed by atoms with E-state index < -0.39 is 0 Å². The highest BCUT2D eigenvalue weighted by Gasteiger charge is 2.22. The Balaban J connectivity index is 1.94. The maximum atomic E-state index is 12.1. The summed E-state index contributed by atoms with van der Waals surface area (Å²) in [7, 11) is 0. The summed E-state index contributed by atoms with van der Waals surface area (Å²) in [6.45, 7) is 0. The van der Waals surface area contributed by atoms with Crippen LogP contribution in [0.2, 0.25) is 0 Å². The number of halogens is 1. The zero-order valence-electron chi connectivity index (χ0n) is 11.1. The fraction of sp³-hybridized carbons (Fsp3) is 0.400. The van der Waals surface area contributed by atoms with E-state index in [4.69, 9.17) is 0 Å². The van der Waals surface area contributed by atoms with Gasteiger partial charge in [0.1, 0.15) is 10.3 Å². The minimum atomic E-state index is -0.0778. The van der Waals surface area contributed by atoms with Crippen LogP contribution < -0.4 is 5.56 Å². The molecule has 0 saturated heterocycles. The average Bonchev–Trinajstić information content (AvgIpc) is 2.98. The monoisotopic (exact) mass is 333 g/mol. The van der Waals surface area contributed by atoms with Gasteiger partial charge >= 0.3 is 0 Å². The molecule has 20 heavy (non-hydrogen) atoms. The van der Waals surface area contributed by atoms with Crippen LogP contribution in [0.4, 0.5) is 0 Å². The summed E-state index contributed by atoms with van der Waals surface area (Å²) in [4.78, 5) is 23.6. The number of rotatable bonds is 3. The first kappa shape index (κ1) is 13.5. The van der Waals surface area contributed by atoms with E-state index in [2.05, 4.69) is 30.9 Å². The fourth-order valence-corrected chi connectivity index (χ4v) is 3.28. The van der Waals surface area contributed by atoms with Crippen LogP contribution in [-0.2, 0) is 6.42 Å². The number of nitrogens with one attached hydrogen (secondary N) is 1. The average molecular weight is 334 g/mol. The molecule has 0 amide bonds. The van der Waals surface area contributed by atoms with E-state index in [0.29, 0.717) is 16.8 Å². The van der Waals surface area contributed by atoms with Crippen molar-refractivity contribution in [2.75, 3.05) is 0 Å². The molecule has 2 heterocycles. The van der Waals surface area contributed by atoms with Gasteiger partial charge in [0.25, 0.3) is 5.56 Å². The van der Waals surface area contributed by atoms with E-state index in [-0.39, 0.29) is 5.56 Å². The molecule has 1 fully saturated rings. The van der Waals surface area contributed by atoms with E-state index >= 15 is 0 Å². The van der Waals surface area contributed by atoms with Gasteiger partial charge in [-0.25, -0.2) is 4.98 Å². The molecule has 4 nitrogen and oxygen atoms in total. The SMILES string of the molecule is O=c1[nH]c(Cc2ccncc2)nc(C2CCCC2)c1Br. The first-order chi connectivity index (χ1) is 9.74. The molecule has 0 aliphatic heterocycles. The topological polar surface area (TPSA) is 58.6 Å². The number of aromatic nitrogens is 3. The third kappa shape index (κ3) is 2.82. The van der Waals surface area contributed by atoms with Gasteiger partial charge in [-0.05, 0) is 46.5 Å². The van der Waals surface area contributed by atoms with Gasteiger partial charge in [0, 0.05) is 24.7 Å². The highest BCUT2D eigenvalue weighted by atomic mass is 79.9. The lowest BCUT2D eigenvalue weighted by molar-refractivity contribution is 0.677. The largest absolute Gasteiger partial charge is 0.309 e. The van der Waals surface area contributed by atoms with Gasteiger partial charge in [0.2, 0.25) is 0 Å². The molecular formula is C15H16BrN3O. The molecule has 0 atom stereocenters. The van der Waals surface area contributed by atoms with Gasteiger partial charge in [0.15, 0.2) is 0 Å². The normalized spacial score (nSPS) is 15.7. The first-order valence-electron chi connectivity index (χ1n) is 6.91. The zero-order valence-corrected chi connectivity index (χ0v) is 12.7. The molecule has 1 N–H and O–H groups in total. The van der Waals surface area contributed by atoms with E-state index in [1.54, 1.807) is 12.4 Å². The predicted octanol–water partition coefficient (Wildman–Crippen LogP) is 3.18. The Hall–Kier alpha value is -1.49. The summed E-state index contributed by atoms with van der Waals surface area (Å²) >= 11 is 3.39. The Labute approximate surface area is 125 Å². The van der Waals surface area contributed by atoms with Gasteiger partial charge in [0.05, 0.1) is 5.69 Å². The third-order valence-electron chi connectivity index (χ3n) is 3.80. The number of aromatic amines is 1. The Morgan fingerprint density at radius 1 is 1.25 bits per heavy atom. The smallest absolute Gasteiger partial charge is 0.265 e. The molecule has 0 spiro atoms. The molecule has 3 rings (SSSR count). The second-order valence-corrected chi connectivity index (χ2v) is 6.02. The zero-order chi connectivity index (χ0) is 13.9. The van der Waals surface area contributed by atoms with Crippen molar-refractivity contribution in [1.82, 2.24) is 15.0 Å². The number of nitrogens with zero attached hydrogens (tertiary/aromatic N) is 2. The first-order valence-corrected chi connectivity index (χ1v) is 7.71. The van der Waals surface area contributed by atoms with Crippen LogP contribution in [0.25, 0.3) is 0 Å². The van der Waals surface area contributed by atoms with E-state index in [0.717, 1.165) is 29.9 Å². The van der Waals surface area contributed by atoms with Crippen LogP contribution in [0, 0.1) is 0 Å². The van der Waals surface area contributed by atoms with E-state index in [1.807, 2.05) is 12.1 Å². The molecule has 0 radical (unpaired) electrons. The summed E-state index contributed by atoms with van der Waals surface area (Å²) in [6.07, 6.45) is 8.85. The van der Waals surface area contributed by atoms with Gasteiger partial charge in [-0.3, -0.25) is 9.78 Å². The summed E-state index contributed by atoms with van der Waals surface area (Å²) in [5.74, 6) is 1.15. The lowest BCUT2D eigenvalue weighted by Gasteiger charge is -2.12. The van der Waals surface area contributed by atoms with Gasteiger partial charge in [-0.1, -0.05) is 12.8 Å². The summed E-state index contributed by atoms with van der Waals surface area (Å²) in [5, 5.41) is 0. The van der Waals surface area contributed by atoms with Crippen molar-refractivity contribution in [2.45, 2.75) is 38.0 Å². The summed E-state index contributed by atoms with van der Waals surface area (Å²) in [5.41, 5.74) is 1.95. The Bertz CT molecular complexity index is 648. The standard InChI is InChI=1S/C15H16BrN3O/c16-13-14(11-3-1-2-4-11)18-12(19-15(13)20)9-10-5-7-17-8-6-10/h5-8,11H,1-4,9H2,(H,18,19,20). The second-order valence-electron chi connectivity index (χ2n) is 5.23. The number of H-pyrrole nitrogens is 1. The van der Waals surface area contributed by atoms with Crippen molar-refractivity contribution in [3.8, 4) is 0 Å². The highest BCUT2D eigenvalue weighted by molar-refractivity contribution is 9.10. The van der Waals surface area contributed by atoms with Crippen LogP contribution in [-0.4, -0.2) is 15.0 Å². The van der Waals surface area contributed by atoms with Crippen LogP contribution in [0.1, 0.15) is 48.7 Å². The molecular weight excluding hydrogens is 318 g/mol. The van der Waals surface area contributed by atoms with Crippen LogP contribution in [0.3, 0.4) is 0 Å². The van der Waals surface area contributed by atoms with Crippen LogP contribution in [0.15, 0.2) is 33.8 Å². The lowest BCUT2D eigenvalue weighted by atomic mass is 10.0. The number of hydrogen-bond acceptors (Lipinski definition) is 3. The van der Waals surface area contributed by atoms with Gasteiger partial charge in [-0.15, -0.1) is 0 Å². The molecule has 2 aromatic heterocycles. The Morgan fingerprint density at radius 2 is 1.95 bits per heavy atom. The Kier molecular flexibility index (Phi) is 3.96. The van der Waals surface area contributed by atoms with Gasteiger partial charge in [-0.2, -0.15) is 0 Å². The molecule has 1 saturated carbocycles. The molecule has 1 aliphatic rings. The fourth-order valence-electron chi connectivity index (χ4n) is 2.77. The summed E-state index contributed by atoms with van der Waals surface area (Å²) in [6, 6.07) is 3.88. The number of pyridine rings is 1. The van der Waals surface area contributed by atoms with Crippen molar-refractivity contribution >= 4 is 15.9 Å². The van der Waals surface area contributed by atoms with Gasteiger partial charge < -0.3 is 4.98 Å². The highest BCUT2D eigenvalue weighted by Crippen LogP contribution is 2.35. The quantitative estimate of drug-likeness (QED) is 0.938. The molecule has 1 aliphatic carbocycles. The molecule has 0 bridgehead atoms. The molecule has 2 aromatic rings. The molecule has 0 unspecified atom stereocenters. The molecule has 0 aromatic carbocycles. The molecule has 104 valence electrons. The maximum absolute atomic E-state index is 12.1. The predicted molar refractivity (Wildman–Crippen MR) is 80.8 cm³/mol. The van der Waals surface area contributed by atoms with E-state index in [1.165, 1.54) is 12.8 Å². The Morgan fingerprint density at radius 3 is 2.65 bits per heavy atom. The van der Waals surface area contributed by atoms with Crippen LogP contribution in [0.5, 0.6) is 0 Å². The maximum Gasteiger partial charge on any atom is 0.265 e. The minimum absolute atomic E-state index is 0.0778. The minimum Gasteiger partial charge on any atom is -0.309 e. The molecule has 5 heteroatoms. The summed E-state index contributed by atoms with van der Waals surface area (Å²) < 4.78 is 0.600. The van der Waals surface area contributed by atoms with Crippen molar-refractivity contribution < 1.29 is 0 Å².